The van der Waals surface area contributed by atoms with Crippen LogP contribution in [0.2, 0.25) is 0 Å². The normalized spacial score (nSPS) is 12.2. The first kappa shape index (κ1) is 16.0. The molecule has 0 aliphatic rings. The van der Waals surface area contributed by atoms with Gasteiger partial charge in [0.1, 0.15) is 11.6 Å². The molecule has 0 saturated heterocycles. The number of ether oxygens (including phenoxy) is 1. The maximum absolute atomic E-state index is 14.3. The van der Waals surface area contributed by atoms with Gasteiger partial charge in [0.2, 0.25) is 0 Å². The van der Waals surface area contributed by atoms with Crippen molar-refractivity contribution < 1.29 is 9.13 Å². The molecule has 2 nitrogen and oxygen atoms in total. The molecule has 2 aromatic carbocycles. The van der Waals surface area contributed by atoms with Gasteiger partial charge >= 0.3 is 0 Å². The second-order valence-electron chi connectivity index (χ2n) is 4.63. The van der Waals surface area contributed by atoms with Gasteiger partial charge in [0.15, 0.2) is 0 Å². The summed E-state index contributed by atoms with van der Waals surface area (Å²) in [6.45, 7) is 5.27. The van der Waals surface area contributed by atoms with Gasteiger partial charge < -0.3 is 10.1 Å². The van der Waals surface area contributed by atoms with Crippen molar-refractivity contribution in [2.75, 3.05) is 13.2 Å². The van der Waals surface area contributed by atoms with Crippen LogP contribution in [0.15, 0.2) is 46.9 Å². The maximum Gasteiger partial charge on any atom is 0.129 e. The molecule has 4 heteroatoms. The number of para-hydroxylation sites is 1. The van der Waals surface area contributed by atoms with Crippen LogP contribution in [0.4, 0.5) is 4.39 Å². The Bertz CT molecular complexity index is 603. The Morgan fingerprint density at radius 3 is 2.57 bits per heavy atom. The Labute approximate surface area is 133 Å². The zero-order chi connectivity index (χ0) is 15.2. The van der Waals surface area contributed by atoms with E-state index in [1.54, 1.807) is 6.07 Å². The van der Waals surface area contributed by atoms with Crippen molar-refractivity contribution in [3.63, 3.8) is 0 Å². The van der Waals surface area contributed by atoms with Gasteiger partial charge in [-0.15, -0.1) is 0 Å². The zero-order valence-electron chi connectivity index (χ0n) is 12.2. The lowest BCUT2D eigenvalue weighted by molar-refractivity contribution is 0.333. The van der Waals surface area contributed by atoms with Crippen molar-refractivity contribution in [1.82, 2.24) is 5.32 Å². The molecule has 0 fully saturated rings. The van der Waals surface area contributed by atoms with Crippen LogP contribution in [-0.2, 0) is 0 Å². The molecule has 112 valence electrons. The fraction of sp³-hybridized carbons (Fsp3) is 0.294. The minimum absolute atomic E-state index is 0.231. The highest BCUT2D eigenvalue weighted by molar-refractivity contribution is 9.10. The van der Waals surface area contributed by atoms with Crippen LogP contribution in [0, 0.1) is 5.82 Å². The Morgan fingerprint density at radius 2 is 1.90 bits per heavy atom. The fourth-order valence-corrected chi connectivity index (χ4v) is 2.67. The Kier molecular flexibility index (Phi) is 5.76. The number of hydrogen-bond acceptors (Lipinski definition) is 2. The van der Waals surface area contributed by atoms with E-state index in [1.165, 1.54) is 6.07 Å². The van der Waals surface area contributed by atoms with E-state index < -0.39 is 0 Å². The molecular weight excluding hydrogens is 333 g/mol. The third-order valence-electron chi connectivity index (χ3n) is 3.21. The van der Waals surface area contributed by atoms with E-state index in [-0.39, 0.29) is 11.9 Å². The van der Waals surface area contributed by atoms with Crippen LogP contribution in [0.25, 0.3) is 0 Å². The molecule has 0 bridgehead atoms. The molecule has 0 amide bonds. The van der Waals surface area contributed by atoms with E-state index in [0.29, 0.717) is 12.2 Å². The van der Waals surface area contributed by atoms with Crippen molar-refractivity contribution in [3.8, 4) is 5.75 Å². The molecule has 0 aliphatic heterocycles. The van der Waals surface area contributed by atoms with E-state index in [9.17, 15) is 4.39 Å². The van der Waals surface area contributed by atoms with Gasteiger partial charge in [0, 0.05) is 15.6 Å². The molecule has 0 aromatic heterocycles. The van der Waals surface area contributed by atoms with Crippen molar-refractivity contribution in [2.24, 2.45) is 0 Å². The van der Waals surface area contributed by atoms with Crippen LogP contribution in [0.1, 0.15) is 31.0 Å². The molecule has 2 aromatic rings. The zero-order valence-corrected chi connectivity index (χ0v) is 13.8. The lowest BCUT2D eigenvalue weighted by atomic mass is 9.97. The molecule has 2 rings (SSSR count). The van der Waals surface area contributed by atoms with Gasteiger partial charge in [-0.3, -0.25) is 0 Å². The molecule has 0 spiro atoms. The Balaban J connectivity index is 2.48. The predicted molar refractivity (Wildman–Crippen MR) is 87.2 cm³/mol. The summed E-state index contributed by atoms with van der Waals surface area (Å²) in [6.07, 6.45) is 0. The van der Waals surface area contributed by atoms with Crippen molar-refractivity contribution in [3.05, 3.63) is 63.9 Å². The third kappa shape index (κ3) is 3.83. The van der Waals surface area contributed by atoms with E-state index >= 15 is 0 Å². The fourth-order valence-electron chi connectivity index (χ4n) is 2.33. The summed E-state index contributed by atoms with van der Waals surface area (Å²) in [6, 6.07) is 12.7. The molecule has 0 radical (unpaired) electrons. The number of benzene rings is 2. The highest BCUT2D eigenvalue weighted by Gasteiger charge is 2.20. The van der Waals surface area contributed by atoms with Gasteiger partial charge in [-0.25, -0.2) is 4.39 Å². The quantitative estimate of drug-likeness (QED) is 0.815. The summed E-state index contributed by atoms with van der Waals surface area (Å²) >= 11 is 3.29. The summed E-state index contributed by atoms with van der Waals surface area (Å²) < 4.78 is 20.7. The standard InChI is InChI=1S/C17H19BrFNO/c1-3-20-17(13-10-9-12(18)11-15(13)19)14-7-5-6-8-16(14)21-4-2/h5-11,17,20H,3-4H2,1-2H3. The van der Waals surface area contributed by atoms with Gasteiger partial charge in [-0.05, 0) is 31.7 Å². The summed E-state index contributed by atoms with van der Waals surface area (Å²) in [7, 11) is 0. The molecule has 0 saturated carbocycles. The first-order valence-corrected chi connectivity index (χ1v) is 7.86. The number of rotatable bonds is 6. The lowest BCUT2D eigenvalue weighted by Crippen LogP contribution is -2.23. The lowest BCUT2D eigenvalue weighted by Gasteiger charge is -2.22. The molecule has 21 heavy (non-hydrogen) atoms. The third-order valence-corrected chi connectivity index (χ3v) is 3.70. The summed E-state index contributed by atoms with van der Waals surface area (Å²) in [5, 5.41) is 3.34. The molecule has 1 atom stereocenters. The SMILES string of the molecule is CCNC(c1ccc(Br)cc1F)c1ccccc1OCC. The first-order chi connectivity index (χ1) is 10.2. The maximum atomic E-state index is 14.3. The van der Waals surface area contributed by atoms with Crippen molar-refractivity contribution in [1.29, 1.82) is 0 Å². The van der Waals surface area contributed by atoms with Crippen LogP contribution in [0.3, 0.4) is 0 Å². The van der Waals surface area contributed by atoms with Crippen molar-refractivity contribution >= 4 is 15.9 Å². The second kappa shape index (κ2) is 7.57. The van der Waals surface area contributed by atoms with Crippen LogP contribution < -0.4 is 10.1 Å². The summed E-state index contributed by atoms with van der Waals surface area (Å²) in [5.74, 6) is 0.551. The topological polar surface area (TPSA) is 21.3 Å². The van der Waals surface area contributed by atoms with Crippen molar-refractivity contribution in [2.45, 2.75) is 19.9 Å². The molecular formula is C17H19BrFNO. The van der Waals surface area contributed by atoms with E-state index in [4.69, 9.17) is 4.74 Å². The molecule has 1 unspecified atom stereocenters. The highest BCUT2D eigenvalue weighted by atomic mass is 79.9. The smallest absolute Gasteiger partial charge is 0.129 e. The van der Waals surface area contributed by atoms with E-state index in [0.717, 1.165) is 22.3 Å². The predicted octanol–water partition coefficient (Wildman–Crippen LogP) is 4.69. The van der Waals surface area contributed by atoms with Gasteiger partial charge in [-0.2, -0.15) is 0 Å². The average Bonchev–Trinajstić information content (AvgIpc) is 2.47. The van der Waals surface area contributed by atoms with Crippen LogP contribution in [-0.4, -0.2) is 13.2 Å². The summed E-state index contributed by atoms with van der Waals surface area (Å²) in [5.41, 5.74) is 1.56. The minimum atomic E-state index is -0.235. The van der Waals surface area contributed by atoms with Gasteiger partial charge in [-0.1, -0.05) is 47.1 Å². The number of hydrogen-bond donors (Lipinski definition) is 1. The van der Waals surface area contributed by atoms with Crippen LogP contribution in [0.5, 0.6) is 5.75 Å². The summed E-state index contributed by atoms with van der Waals surface area (Å²) in [4.78, 5) is 0. The van der Waals surface area contributed by atoms with E-state index in [1.807, 2.05) is 44.2 Å². The van der Waals surface area contributed by atoms with E-state index in [2.05, 4.69) is 21.2 Å². The monoisotopic (exact) mass is 351 g/mol. The average molecular weight is 352 g/mol. The largest absolute Gasteiger partial charge is 0.494 e. The number of nitrogens with one attached hydrogen (secondary N) is 1. The molecule has 1 N–H and O–H groups in total. The minimum Gasteiger partial charge on any atom is -0.494 e. The van der Waals surface area contributed by atoms with Gasteiger partial charge in [0.25, 0.3) is 0 Å². The first-order valence-electron chi connectivity index (χ1n) is 7.07. The number of halogens is 2. The molecule has 0 heterocycles. The highest BCUT2D eigenvalue weighted by Crippen LogP contribution is 2.32. The molecule has 0 aliphatic carbocycles. The second-order valence-corrected chi connectivity index (χ2v) is 5.54. The van der Waals surface area contributed by atoms with Gasteiger partial charge in [0.05, 0.1) is 12.6 Å². The Morgan fingerprint density at radius 1 is 1.14 bits per heavy atom. The Hall–Kier alpha value is -1.39. The van der Waals surface area contributed by atoms with Crippen LogP contribution >= 0.6 is 15.9 Å².